The Hall–Kier alpha value is -2.15. The first-order valence-electron chi connectivity index (χ1n) is 7.66. The number of carbonyl (C=O) groups excluding carboxylic acids is 1. The number of rotatable bonds is 6. The zero-order valence-electron chi connectivity index (χ0n) is 13.3. The number of benzene rings is 1. The Labute approximate surface area is 134 Å². The van der Waals surface area contributed by atoms with E-state index in [0.29, 0.717) is 12.2 Å². The van der Waals surface area contributed by atoms with Crippen LogP contribution in [0.1, 0.15) is 19.8 Å². The highest BCUT2D eigenvalue weighted by Crippen LogP contribution is 2.26. The van der Waals surface area contributed by atoms with Crippen LogP contribution in [0, 0.1) is 5.82 Å². The Bertz CT molecular complexity index is 558. The van der Waals surface area contributed by atoms with Crippen molar-refractivity contribution in [2.24, 2.45) is 0 Å². The van der Waals surface area contributed by atoms with Crippen LogP contribution in [0.3, 0.4) is 0 Å². The lowest BCUT2D eigenvalue weighted by atomic mass is 9.85. The van der Waals surface area contributed by atoms with Crippen molar-refractivity contribution in [3.05, 3.63) is 30.1 Å². The number of halogens is 1. The average Bonchev–Trinajstić information content (AvgIpc) is 2.48. The molecule has 0 atom stereocenters. The predicted octanol–water partition coefficient (Wildman–Crippen LogP) is 1.91. The minimum atomic E-state index is -0.838. The Morgan fingerprint density at radius 3 is 2.43 bits per heavy atom. The van der Waals surface area contributed by atoms with E-state index in [1.54, 1.807) is 19.2 Å². The van der Waals surface area contributed by atoms with E-state index in [2.05, 4.69) is 5.32 Å². The fourth-order valence-electron chi connectivity index (χ4n) is 2.73. The maximum atomic E-state index is 12.9. The number of carbonyl (C=O) groups is 2. The number of carboxylic acids is 1. The molecule has 1 saturated carbocycles. The Morgan fingerprint density at radius 1 is 1.30 bits per heavy atom. The number of likely N-dealkylation sites (N-methyl/N-ethyl adjacent to an activating group) is 1. The van der Waals surface area contributed by atoms with Crippen molar-refractivity contribution in [3.63, 3.8) is 0 Å². The zero-order chi connectivity index (χ0) is 17.0. The Kier molecular flexibility index (Phi) is 5.54. The third kappa shape index (κ3) is 4.41. The first kappa shape index (κ1) is 17.2. The van der Waals surface area contributed by atoms with E-state index in [4.69, 9.17) is 5.11 Å². The summed E-state index contributed by atoms with van der Waals surface area (Å²) < 4.78 is 12.9. The predicted molar refractivity (Wildman–Crippen MR) is 85.0 cm³/mol. The maximum absolute atomic E-state index is 12.9. The van der Waals surface area contributed by atoms with Gasteiger partial charge in [0, 0.05) is 24.8 Å². The molecule has 126 valence electrons. The zero-order valence-corrected chi connectivity index (χ0v) is 13.3. The number of amides is 2. The minimum Gasteiger partial charge on any atom is -0.480 e. The highest BCUT2D eigenvalue weighted by atomic mass is 19.1. The van der Waals surface area contributed by atoms with Gasteiger partial charge in [-0.25, -0.2) is 9.18 Å². The molecule has 2 amide bonds. The molecular weight excluding hydrogens is 301 g/mol. The summed E-state index contributed by atoms with van der Waals surface area (Å²) in [6.45, 7) is 2.63. The van der Waals surface area contributed by atoms with E-state index in [-0.39, 0.29) is 30.5 Å². The molecule has 0 unspecified atom stereocenters. The lowest BCUT2D eigenvalue weighted by molar-refractivity contribution is -0.139. The largest absolute Gasteiger partial charge is 0.480 e. The van der Waals surface area contributed by atoms with Crippen molar-refractivity contribution in [2.75, 3.05) is 25.0 Å². The monoisotopic (exact) mass is 323 g/mol. The summed E-state index contributed by atoms with van der Waals surface area (Å²) in [5, 5.41) is 11.8. The summed E-state index contributed by atoms with van der Waals surface area (Å²) in [6, 6.07) is 5.69. The van der Waals surface area contributed by atoms with Crippen molar-refractivity contribution >= 4 is 17.7 Å². The van der Waals surface area contributed by atoms with Gasteiger partial charge in [-0.1, -0.05) is 6.92 Å². The summed E-state index contributed by atoms with van der Waals surface area (Å²) in [7, 11) is 1.63. The highest BCUT2D eigenvalue weighted by Gasteiger charge is 2.35. The third-order valence-electron chi connectivity index (χ3n) is 4.22. The molecule has 1 aromatic rings. The van der Waals surface area contributed by atoms with Gasteiger partial charge in [0.25, 0.3) is 0 Å². The maximum Gasteiger partial charge on any atom is 0.321 e. The summed E-state index contributed by atoms with van der Waals surface area (Å²) in [4.78, 5) is 26.3. The second-order valence-electron chi connectivity index (χ2n) is 5.76. The molecule has 1 fully saturated rings. The van der Waals surface area contributed by atoms with E-state index < -0.39 is 5.97 Å². The number of aliphatic carboxylic acids is 1. The van der Waals surface area contributed by atoms with Gasteiger partial charge in [-0.3, -0.25) is 14.6 Å². The minimum absolute atomic E-state index is 0.0251. The number of carboxylic acid groups (broad SMARTS) is 1. The number of hydrogen-bond acceptors (Lipinski definition) is 3. The molecule has 2 rings (SSSR count). The summed E-state index contributed by atoms with van der Waals surface area (Å²) >= 11 is 0. The van der Waals surface area contributed by atoms with Gasteiger partial charge in [-0.15, -0.1) is 0 Å². The molecule has 1 aliphatic rings. The molecule has 0 bridgehead atoms. The Balaban J connectivity index is 1.81. The first-order chi connectivity index (χ1) is 10.9. The van der Waals surface area contributed by atoms with Gasteiger partial charge in [-0.2, -0.15) is 0 Å². The number of hydrogen-bond donors (Lipinski definition) is 2. The van der Waals surface area contributed by atoms with Crippen molar-refractivity contribution in [1.29, 1.82) is 0 Å². The van der Waals surface area contributed by atoms with Gasteiger partial charge < -0.3 is 10.4 Å². The molecule has 0 radical (unpaired) electrons. The van der Waals surface area contributed by atoms with Crippen molar-refractivity contribution < 1.29 is 19.1 Å². The smallest absolute Gasteiger partial charge is 0.321 e. The van der Waals surface area contributed by atoms with E-state index in [0.717, 1.165) is 12.8 Å². The van der Waals surface area contributed by atoms with Crippen LogP contribution in [0.4, 0.5) is 14.9 Å². The molecule has 0 aromatic heterocycles. The molecule has 23 heavy (non-hydrogen) atoms. The molecule has 0 saturated heterocycles. The van der Waals surface area contributed by atoms with Gasteiger partial charge in [0.2, 0.25) is 0 Å². The summed E-state index contributed by atoms with van der Waals surface area (Å²) in [5.74, 6) is -1.18. The molecule has 6 nitrogen and oxygen atoms in total. The molecule has 0 aliphatic heterocycles. The second-order valence-corrected chi connectivity index (χ2v) is 5.76. The van der Waals surface area contributed by atoms with Crippen molar-refractivity contribution in [3.8, 4) is 0 Å². The van der Waals surface area contributed by atoms with E-state index >= 15 is 0 Å². The highest BCUT2D eigenvalue weighted by molar-refractivity contribution is 5.91. The van der Waals surface area contributed by atoms with Crippen molar-refractivity contribution in [1.82, 2.24) is 10.2 Å². The third-order valence-corrected chi connectivity index (χ3v) is 4.22. The molecule has 2 N–H and O–H groups in total. The van der Waals surface area contributed by atoms with Gasteiger partial charge >= 0.3 is 12.0 Å². The quantitative estimate of drug-likeness (QED) is 0.839. The second kappa shape index (κ2) is 7.41. The normalized spacial score (nSPS) is 20.0. The van der Waals surface area contributed by atoms with Gasteiger partial charge in [0.15, 0.2) is 0 Å². The standard InChI is InChI=1S/C16H22FN3O3/c1-3-20(10-15(21)22)14-8-12(9-14)18-16(23)19(2)13-6-4-11(17)5-7-13/h4-7,12,14H,3,8-10H2,1-2H3,(H,18,23)(H,21,22). The van der Waals surface area contributed by atoms with Crippen LogP contribution < -0.4 is 10.2 Å². The fourth-order valence-corrected chi connectivity index (χ4v) is 2.73. The summed E-state index contributed by atoms with van der Waals surface area (Å²) in [5.41, 5.74) is 0.612. The van der Waals surface area contributed by atoms with Crippen LogP contribution in [0.25, 0.3) is 0 Å². The number of urea groups is 1. The van der Waals surface area contributed by atoms with E-state index in [9.17, 15) is 14.0 Å². The molecular formula is C16H22FN3O3. The van der Waals surface area contributed by atoms with Crippen LogP contribution in [-0.4, -0.2) is 54.2 Å². The first-order valence-corrected chi connectivity index (χ1v) is 7.66. The SMILES string of the molecule is CCN(CC(=O)O)C1CC(NC(=O)N(C)c2ccc(F)cc2)C1. The van der Waals surface area contributed by atoms with Crippen LogP contribution in [0.15, 0.2) is 24.3 Å². The van der Waals surface area contributed by atoms with Gasteiger partial charge in [-0.05, 0) is 43.7 Å². The van der Waals surface area contributed by atoms with Crippen LogP contribution in [0.2, 0.25) is 0 Å². The molecule has 1 aliphatic carbocycles. The summed E-state index contributed by atoms with van der Waals surface area (Å²) in [6.07, 6.45) is 1.48. The number of nitrogens with one attached hydrogen (secondary N) is 1. The fraction of sp³-hybridized carbons (Fsp3) is 0.500. The number of nitrogens with zero attached hydrogens (tertiary/aromatic N) is 2. The molecule has 1 aromatic carbocycles. The lowest BCUT2D eigenvalue weighted by Crippen LogP contribution is -2.56. The van der Waals surface area contributed by atoms with Crippen molar-refractivity contribution in [2.45, 2.75) is 31.8 Å². The molecule has 0 spiro atoms. The average molecular weight is 323 g/mol. The van der Waals surface area contributed by atoms with Gasteiger partial charge in [0.05, 0.1) is 6.54 Å². The van der Waals surface area contributed by atoms with E-state index in [1.807, 2.05) is 11.8 Å². The number of anilines is 1. The van der Waals surface area contributed by atoms with Crippen LogP contribution in [0.5, 0.6) is 0 Å². The topological polar surface area (TPSA) is 72.9 Å². The molecule has 7 heteroatoms. The van der Waals surface area contributed by atoms with Crippen LogP contribution >= 0.6 is 0 Å². The van der Waals surface area contributed by atoms with Crippen LogP contribution in [-0.2, 0) is 4.79 Å². The Morgan fingerprint density at radius 2 is 1.91 bits per heavy atom. The van der Waals surface area contributed by atoms with E-state index in [1.165, 1.54) is 17.0 Å². The molecule has 0 heterocycles. The van der Waals surface area contributed by atoms with Gasteiger partial charge in [0.1, 0.15) is 5.82 Å². The lowest BCUT2D eigenvalue weighted by Gasteiger charge is -2.42.